The summed E-state index contributed by atoms with van der Waals surface area (Å²) in [5.41, 5.74) is 4.11. The molecule has 1 aromatic rings. The van der Waals surface area contributed by atoms with Crippen molar-refractivity contribution < 1.29 is 4.42 Å². The van der Waals surface area contributed by atoms with E-state index < -0.39 is 0 Å². The van der Waals surface area contributed by atoms with E-state index in [0.29, 0.717) is 0 Å². The minimum Gasteiger partial charge on any atom is -0.464 e. The predicted molar refractivity (Wildman–Crippen MR) is 81.5 cm³/mol. The molecule has 19 heavy (non-hydrogen) atoms. The Labute approximate surface area is 115 Å². The van der Waals surface area contributed by atoms with Crippen molar-refractivity contribution in [3.8, 4) is 0 Å². The Morgan fingerprint density at radius 1 is 1.21 bits per heavy atom. The first-order valence-electron chi connectivity index (χ1n) is 7.24. The quantitative estimate of drug-likeness (QED) is 0.640. The van der Waals surface area contributed by atoms with Gasteiger partial charge < -0.3 is 4.42 Å². The highest BCUT2D eigenvalue weighted by molar-refractivity contribution is 5.79. The highest BCUT2D eigenvalue weighted by atomic mass is 16.3. The number of hydrogen-bond donors (Lipinski definition) is 0. The fourth-order valence-electron chi connectivity index (χ4n) is 2.79. The maximum Gasteiger partial charge on any atom is 0.134 e. The molecule has 3 rings (SSSR count). The van der Waals surface area contributed by atoms with E-state index in [1.165, 1.54) is 36.0 Å². The summed E-state index contributed by atoms with van der Waals surface area (Å²) in [6.07, 6.45) is 16.8. The first-order valence-corrected chi connectivity index (χ1v) is 7.24. The summed E-state index contributed by atoms with van der Waals surface area (Å²) in [6, 6.07) is 0. The number of rotatable bonds is 1. The van der Waals surface area contributed by atoms with Gasteiger partial charge in [0.15, 0.2) is 0 Å². The van der Waals surface area contributed by atoms with E-state index >= 15 is 0 Å². The van der Waals surface area contributed by atoms with Gasteiger partial charge in [0, 0.05) is 16.5 Å². The molecule has 0 fully saturated rings. The van der Waals surface area contributed by atoms with Crippen LogP contribution in [0.4, 0.5) is 0 Å². The zero-order chi connectivity index (χ0) is 13.5. The predicted octanol–water partition coefficient (Wildman–Crippen LogP) is 5.55. The average Bonchev–Trinajstić information content (AvgIpc) is 2.72. The van der Waals surface area contributed by atoms with E-state index in [9.17, 15) is 0 Å². The summed E-state index contributed by atoms with van der Waals surface area (Å²) in [5.74, 6) is 1.82. The molecule has 1 unspecified atom stereocenters. The van der Waals surface area contributed by atoms with E-state index in [1.54, 1.807) is 0 Å². The minimum atomic E-state index is 0.105. The number of fused-ring (bicyclic) bond motifs is 1. The van der Waals surface area contributed by atoms with Crippen LogP contribution in [0.15, 0.2) is 28.9 Å². The van der Waals surface area contributed by atoms with Crippen LogP contribution in [0.5, 0.6) is 0 Å². The van der Waals surface area contributed by atoms with Crippen LogP contribution in [0, 0.1) is 11.3 Å². The molecule has 0 aromatic carbocycles. The molecule has 0 aliphatic heterocycles. The molecule has 0 bridgehead atoms. The first kappa shape index (κ1) is 12.5. The molecule has 0 spiro atoms. The molecule has 0 amide bonds. The first-order chi connectivity index (χ1) is 9.05. The van der Waals surface area contributed by atoms with Crippen LogP contribution in [0.25, 0.3) is 17.7 Å². The minimum absolute atomic E-state index is 0.105. The fraction of sp³-hybridized carbons (Fsp3) is 0.444. The molecule has 1 heteroatoms. The van der Waals surface area contributed by atoms with Crippen molar-refractivity contribution in [3.05, 3.63) is 41.4 Å². The molecule has 0 N–H and O–H groups in total. The van der Waals surface area contributed by atoms with Gasteiger partial charge in [-0.05, 0) is 36.8 Å². The third kappa shape index (κ3) is 2.47. The van der Waals surface area contributed by atoms with Crippen molar-refractivity contribution in [1.29, 1.82) is 0 Å². The van der Waals surface area contributed by atoms with Crippen LogP contribution in [-0.2, 0) is 0 Å². The van der Waals surface area contributed by atoms with Crippen LogP contribution in [0.3, 0.4) is 0 Å². The second-order valence-corrected chi connectivity index (χ2v) is 6.52. The SMILES string of the molecule is CC1CC=C(c2coc3c2C=CC(C)(C)C=C3)CC1. The third-order valence-electron chi connectivity index (χ3n) is 4.22. The van der Waals surface area contributed by atoms with Crippen molar-refractivity contribution in [2.75, 3.05) is 0 Å². The number of allylic oxidation sites excluding steroid dienone is 4. The van der Waals surface area contributed by atoms with Gasteiger partial charge in [-0.25, -0.2) is 0 Å². The van der Waals surface area contributed by atoms with Gasteiger partial charge in [0.2, 0.25) is 0 Å². The van der Waals surface area contributed by atoms with Gasteiger partial charge in [-0.1, -0.05) is 45.1 Å². The average molecular weight is 254 g/mol. The highest BCUT2D eigenvalue weighted by Crippen LogP contribution is 2.37. The Hall–Kier alpha value is -1.50. The van der Waals surface area contributed by atoms with Gasteiger partial charge >= 0.3 is 0 Å². The number of hydrogen-bond acceptors (Lipinski definition) is 1. The smallest absolute Gasteiger partial charge is 0.134 e. The summed E-state index contributed by atoms with van der Waals surface area (Å²) in [7, 11) is 0. The topological polar surface area (TPSA) is 13.1 Å². The molecule has 1 heterocycles. The van der Waals surface area contributed by atoms with E-state index in [4.69, 9.17) is 4.42 Å². The Balaban J connectivity index is 1.99. The lowest BCUT2D eigenvalue weighted by molar-refractivity contribution is 0.531. The van der Waals surface area contributed by atoms with E-state index in [2.05, 4.69) is 51.2 Å². The van der Waals surface area contributed by atoms with Gasteiger partial charge in [-0.15, -0.1) is 0 Å². The summed E-state index contributed by atoms with van der Waals surface area (Å²) in [6.45, 7) is 6.76. The van der Waals surface area contributed by atoms with Crippen LogP contribution in [0.1, 0.15) is 56.9 Å². The van der Waals surface area contributed by atoms with E-state index in [1.807, 2.05) is 6.26 Å². The molecule has 0 saturated heterocycles. The lowest BCUT2D eigenvalue weighted by atomic mass is 9.87. The summed E-state index contributed by atoms with van der Waals surface area (Å²) in [4.78, 5) is 0. The molecular formula is C18H22O. The second kappa shape index (κ2) is 4.56. The van der Waals surface area contributed by atoms with Crippen LogP contribution in [0.2, 0.25) is 0 Å². The number of furan rings is 1. The Bertz CT molecular complexity index is 567. The molecule has 1 aromatic heterocycles. The van der Waals surface area contributed by atoms with Crippen LogP contribution >= 0.6 is 0 Å². The Morgan fingerprint density at radius 2 is 2.00 bits per heavy atom. The lowest BCUT2D eigenvalue weighted by Gasteiger charge is -2.18. The van der Waals surface area contributed by atoms with Gasteiger partial charge in [0.25, 0.3) is 0 Å². The molecule has 0 saturated carbocycles. The standard InChI is InChI=1S/C18H22O/c1-13-4-6-14(7-5-13)16-12-19-17-9-11-18(2,3)10-8-15(16)17/h6,8-13H,4-5,7H2,1-3H3. The molecule has 0 radical (unpaired) electrons. The van der Waals surface area contributed by atoms with Crippen molar-refractivity contribution in [1.82, 2.24) is 0 Å². The van der Waals surface area contributed by atoms with Gasteiger partial charge in [0.1, 0.15) is 5.76 Å². The third-order valence-corrected chi connectivity index (χ3v) is 4.22. The van der Waals surface area contributed by atoms with E-state index in [-0.39, 0.29) is 5.41 Å². The molecule has 2 aliphatic rings. The highest BCUT2D eigenvalue weighted by Gasteiger charge is 2.20. The maximum atomic E-state index is 5.76. The van der Waals surface area contributed by atoms with Crippen molar-refractivity contribution in [3.63, 3.8) is 0 Å². The summed E-state index contributed by atoms with van der Waals surface area (Å²) < 4.78 is 5.76. The molecule has 1 atom stereocenters. The maximum absolute atomic E-state index is 5.76. The Morgan fingerprint density at radius 3 is 2.74 bits per heavy atom. The lowest BCUT2D eigenvalue weighted by Crippen LogP contribution is -2.01. The fourth-order valence-corrected chi connectivity index (χ4v) is 2.79. The summed E-state index contributed by atoms with van der Waals surface area (Å²) >= 11 is 0. The van der Waals surface area contributed by atoms with Gasteiger partial charge in [0.05, 0.1) is 6.26 Å². The largest absolute Gasteiger partial charge is 0.464 e. The van der Waals surface area contributed by atoms with Gasteiger partial charge in [-0.2, -0.15) is 0 Å². The second-order valence-electron chi connectivity index (χ2n) is 6.52. The van der Waals surface area contributed by atoms with Gasteiger partial charge in [-0.3, -0.25) is 0 Å². The molecular weight excluding hydrogens is 232 g/mol. The Kier molecular flexibility index (Phi) is 3.00. The normalized spacial score (nSPS) is 24.8. The van der Waals surface area contributed by atoms with Crippen LogP contribution in [-0.4, -0.2) is 0 Å². The van der Waals surface area contributed by atoms with E-state index in [0.717, 1.165) is 11.7 Å². The summed E-state index contributed by atoms with van der Waals surface area (Å²) in [5, 5.41) is 0. The zero-order valence-corrected chi connectivity index (χ0v) is 12.1. The van der Waals surface area contributed by atoms with Crippen molar-refractivity contribution in [2.24, 2.45) is 11.3 Å². The molecule has 2 aliphatic carbocycles. The molecule has 100 valence electrons. The van der Waals surface area contributed by atoms with Crippen molar-refractivity contribution >= 4 is 17.7 Å². The monoisotopic (exact) mass is 254 g/mol. The zero-order valence-electron chi connectivity index (χ0n) is 12.1. The van der Waals surface area contributed by atoms with Crippen molar-refractivity contribution in [2.45, 2.75) is 40.0 Å². The van der Waals surface area contributed by atoms with Crippen LogP contribution < -0.4 is 0 Å². The molecule has 1 nitrogen and oxygen atoms in total.